The molecule has 0 aromatic carbocycles. The molecule has 2 nitrogen and oxygen atoms in total. The molecule has 0 N–H and O–H groups in total. The van der Waals surface area contributed by atoms with E-state index in [1.165, 1.54) is 0 Å². The monoisotopic (exact) mass is 287 g/mol. The molecule has 0 fully saturated rings. The van der Waals surface area contributed by atoms with Crippen LogP contribution in [0.3, 0.4) is 0 Å². The van der Waals surface area contributed by atoms with Crippen LogP contribution in [0.2, 0.25) is 0 Å². The first-order chi connectivity index (χ1) is 9.00. The largest absolute Gasteiger partial charge is 0.417 e. The quantitative estimate of drug-likeness (QED) is 0.748. The van der Waals surface area contributed by atoms with Gasteiger partial charge in [0.05, 0.1) is 5.56 Å². The van der Waals surface area contributed by atoms with E-state index in [4.69, 9.17) is 0 Å². The number of ketones is 1. The van der Waals surface area contributed by atoms with Gasteiger partial charge in [0.1, 0.15) is 0 Å². The van der Waals surface area contributed by atoms with Crippen molar-refractivity contribution >= 4 is 5.78 Å². The van der Waals surface area contributed by atoms with E-state index in [1.807, 2.05) is 27.7 Å². The Morgan fingerprint density at radius 3 is 2.40 bits per heavy atom. The number of nitrogens with zero attached hydrogens (tertiary/aromatic N) is 1. The number of carbonyl (C=O) groups excluding carboxylic acids is 1. The fourth-order valence-corrected chi connectivity index (χ4v) is 2.41. The van der Waals surface area contributed by atoms with Crippen molar-refractivity contribution in [1.29, 1.82) is 0 Å². The highest BCUT2D eigenvalue weighted by Gasteiger charge is 2.35. The molecular weight excluding hydrogens is 267 g/mol. The van der Waals surface area contributed by atoms with Crippen molar-refractivity contribution in [2.24, 2.45) is 11.3 Å². The van der Waals surface area contributed by atoms with Crippen molar-refractivity contribution < 1.29 is 18.0 Å². The van der Waals surface area contributed by atoms with Crippen LogP contribution < -0.4 is 0 Å². The highest BCUT2D eigenvalue weighted by Crippen LogP contribution is 2.33. The molecule has 1 rings (SSSR count). The lowest BCUT2D eigenvalue weighted by molar-refractivity contribution is -0.138. The lowest BCUT2D eigenvalue weighted by Crippen LogP contribution is -2.18. The second-order valence-corrected chi connectivity index (χ2v) is 6.42. The summed E-state index contributed by atoms with van der Waals surface area (Å²) in [5, 5.41) is 0. The molecule has 0 aliphatic carbocycles. The van der Waals surface area contributed by atoms with E-state index in [-0.39, 0.29) is 23.3 Å². The summed E-state index contributed by atoms with van der Waals surface area (Å²) in [5.41, 5.74) is -1.19. The molecule has 0 saturated carbocycles. The van der Waals surface area contributed by atoms with Gasteiger partial charge in [-0.25, -0.2) is 0 Å². The Morgan fingerprint density at radius 2 is 1.90 bits per heavy atom. The standard InChI is InChI=1S/C15H20F3NO/c1-10(8-14(2,3)4)7-13(20)11-9-19-6-5-12(11)15(16,17)18/h5-6,9-10H,7-8H2,1-4H3. The number of rotatable bonds is 4. The van der Waals surface area contributed by atoms with Crippen molar-refractivity contribution in [3.63, 3.8) is 0 Å². The fourth-order valence-electron chi connectivity index (χ4n) is 2.41. The lowest BCUT2D eigenvalue weighted by atomic mass is 9.83. The van der Waals surface area contributed by atoms with Gasteiger partial charge in [0.2, 0.25) is 0 Å². The minimum atomic E-state index is -4.53. The van der Waals surface area contributed by atoms with Crippen LogP contribution in [0.4, 0.5) is 13.2 Å². The zero-order chi connectivity index (χ0) is 15.6. The maximum Gasteiger partial charge on any atom is 0.417 e. The summed E-state index contributed by atoms with van der Waals surface area (Å²) in [6, 6.07) is 0.849. The van der Waals surface area contributed by atoms with Gasteiger partial charge in [-0.1, -0.05) is 27.7 Å². The SMILES string of the molecule is CC(CC(=O)c1cnccc1C(F)(F)F)CC(C)(C)C. The third-order valence-electron chi connectivity index (χ3n) is 2.92. The molecule has 0 bridgehead atoms. The molecule has 1 aromatic heterocycles. The van der Waals surface area contributed by atoms with Crippen molar-refractivity contribution in [1.82, 2.24) is 4.98 Å². The van der Waals surface area contributed by atoms with Gasteiger partial charge in [0.25, 0.3) is 0 Å². The third-order valence-corrected chi connectivity index (χ3v) is 2.92. The molecule has 0 aliphatic heterocycles. The van der Waals surface area contributed by atoms with E-state index in [1.54, 1.807) is 0 Å². The molecule has 1 heterocycles. The van der Waals surface area contributed by atoms with E-state index in [2.05, 4.69) is 4.98 Å². The predicted molar refractivity (Wildman–Crippen MR) is 71.4 cm³/mol. The van der Waals surface area contributed by atoms with Crippen LogP contribution in [0, 0.1) is 11.3 Å². The fraction of sp³-hybridized carbons (Fsp3) is 0.600. The molecule has 112 valence electrons. The van der Waals surface area contributed by atoms with Gasteiger partial charge in [0, 0.05) is 24.4 Å². The van der Waals surface area contributed by atoms with Crippen LogP contribution in [0.1, 0.15) is 56.5 Å². The second-order valence-electron chi connectivity index (χ2n) is 6.42. The van der Waals surface area contributed by atoms with Crippen molar-refractivity contribution in [3.8, 4) is 0 Å². The van der Waals surface area contributed by atoms with E-state index in [9.17, 15) is 18.0 Å². The summed E-state index contributed by atoms with van der Waals surface area (Å²) in [5.74, 6) is -0.467. The van der Waals surface area contributed by atoms with Crippen molar-refractivity contribution in [2.75, 3.05) is 0 Å². The molecule has 1 aromatic rings. The Labute approximate surface area is 117 Å². The Morgan fingerprint density at radius 1 is 1.30 bits per heavy atom. The summed E-state index contributed by atoms with van der Waals surface area (Å²) in [6.07, 6.45) is -1.58. The van der Waals surface area contributed by atoms with Crippen LogP contribution >= 0.6 is 0 Å². The highest BCUT2D eigenvalue weighted by atomic mass is 19.4. The average Bonchev–Trinajstić information content (AvgIpc) is 2.25. The first-order valence-corrected chi connectivity index (χ1v) is 6.55. The Kier molecular flexibility index (Phi) is 4.95. The number of halogens is 3. The minimum absolute atomic E-state index is 0.0313. The summed E-state index contributed by atoms with van der Waals surface area (Å²) in [7, 11) is 0. The summed E-state index contributed by atoms with van der Waals surface area (Å²) in [6.45, 7) is 8.00. The second kappa shape index (κ2) is 5.94. The molecule has 0 saturated heterocycles. The lowest BCUT2D eigenvalue weighted by Gasteiger charge is -2.23. The van der Waals surface area contributed by atoms with Crippen LogP contribution in [-0.4, -0.2) is 10.8 Å². The van der Waals surface area contributed by atoms with Gasteiger partial charge in [-0.2, -0.15) is 13.2 Å². The number of alkyl halides is 3. The van der Waals surface area contributed by atoms with Crippen molar-refractivity contribution in [3.05, 3.63) is 29.6 Å². The average molecular weight is 287 g/mol. The first kappa shape index (κ1) is 16.7. The third kappa shape index (κ3) is 4.94. The van der Waals surface area contributed by atoms with Crippen LogP contribution in [-0.2, 0) is 6.18 Å². The van der Waals surface area contributed by atoms with Crippen LogP contribution in [0.25, 0.3) is 0 Å². The highest BCUT2D eigenvalue weighted by molar-refractivity contribution is 5.97. The van der Waals surface area contributed by atoms with E-state index >= 15 is 0 Å². The number of aromatic nitrogens is 1. The normalized spacial score (nSPS) is 14.2. The number of hydrogen-bond acceptors (Lipinski definition) is 2. The van der Waals surface area contributed by atoms with Gasteiger partial charge >= 0.3 is 6.18 Å². The molecule has 1 atom stereocenters. The molecule has 0 radical (unpaired) electrons. The predicted octanol–water partition coefficient (Wildman–Crippen LogP) is 4.75. The zero-order valence-electron chi connectivity index (χ0n) is 12.2. The van der Waals surface area contributed by atoms with Gasteiger partial charge < -0.3 is 0 Å². The molecular formula is C15H20F3NO. The van der Waals surface area contributed by atoms with Gasteiger partial charge in [-0.15, -0.1) is 0 Å². The maximum atomic E-state index is 12.8. The van der Waals surface area contributed by atoms with E-state index < -0.39 is 17.5 Å². The number of hydrogen-bond donors (Lipinski definition) is 0. The summed E-state index contributed by atoms with van der Waals surface area (Å²) < 4.78 is 38.5. The Hall–Kier alpha value is -1.39. The maximum absolute atomic E-state index is 12.8. The van der Waals surface area contributed by atoms with Gasteiger partial charge in [0.15, 0.2) is 5.78 Å². The van der Waals surface area contributed by atoms with Crippen molar-refractivity contribution in [2.45, 2.75) is 46.7 Å². The number of carbonyl (C=O) groups is 1. The van der Waals surface area contributed by atoms with Crippen LogP contribution in [0.5, 0.6) is 0 Å². The number of Topliss-reactive ketones (excluding diaryl/α,β-unsaturated/α-hetero) is 1. The van der Waals surface area contributed by atoms with Gasteiger partial charge in [-0.05, 0) is 23.8 Å². The van der Waals surface area contributed by atoms with Crippen LogP contribution in [0.15, 0.2) is 18.5 Å². The molecule has 0 spiro atoms. The Bertz CT molecular complexity index is 475. The molecule has 20 heavy (non-hydrogen) atoms. The Balaban J connectivity index is 2.89. The molecule has 0 amide bonds. The topological polar surface area (TPSA) is 30.0 Å². The minimum Gasteiger partial charge on any atom is -0.294 e. The summed E-state index contributed by atoms with van der Waals surface area (Å²) in [4.78, 5) is 15.7. The van der Waals surface area contributed by atoms with E-state index in [0.717, 1.165) is 24.9 Å². The first-order valence-electron chi connectivity index (χ1n) is 6.55. The number of pyridine rings is 1. The molecule has 5 heteroatoms. The smallest absolute Gasteiger partial charge is 0.294 e. The molecule has 1 unspecified atom stereocenters. The van der Waals surface area contributed by atoms with Gasteiger partial charge in [-0.3, -0.25) is 9.78 Å². The summed E-state index contributed by atoms with van der Waals surface area (Å²) >= 11 is 0. The molecule has 0 aliphatic rings. The zero-order valence-corrected chi connectivity index (χ0v) is 12.2. The van der Waals surface area contributed by atoms with E-state index in [0.29, 0.717) is 0 Å².